The van der Waals surface area contributed by atoms with Crippen LogP contribution in [0.25, 0.3) is 10.9 Å². The molecule has 2 fully saturated rings. The summed E-state index contributed by atoms with van der Waals surface area (Å²) >= 11 is 0. The van der Waals surface area contributed by atoms with Gasteiger partial charge in [-0.25, -0.2) is 0 Å². The van der Waals surface area contributed by atoms with E-state index < -0.39 is 0 Å². The number of ether oxygens (including phenoxy) is 1. The fourth-order valence-electron chi connectivity index (χ4n) is 5.24. The Hall–Kier alpha value is -2.86. The third-order valence-electron chi connectivity index (χ3n) is 7.04. The SMILES string of the molecule is Cc1cncc(C(=O)N2CCC(n3ccc4cc(OCCCN5CCCC5)ccc43)CC2)c1. The fraction of sp³-hybridized carbons (Fsp3) is 0.481. The zero-order valence-electron chi connectivity index (χ0n) is 19.6. The number of carbonyl (C=O) groups is 1. The van der Waals surface area contributed by atoms with Crippen molar-refractivity contribution >= 4 is 16.8 Å². The Morgan fingerprint density at radius 1 is 1.06 bits per heavy atom. The van der Waals surface area contributed by atoms with E-state index in [1.54, 1.807) is 12.4 Å². The third kappa shape index (κ3) is 5.06. The molecule has 6 nitrogen and oxygen atoms in total. The maximum atomic E-state index is 12.8. The molecule has 0 atom stereocenters. The summed E-state index contributed by atoms with van der Waals surface area (Å²) in [4.78, 5) is 21.5. The molecule has 2 aliphatic heterocycles. The standard InChI is InChI=1S/C27H34N4O2/c1-21-17-23(20-28-19-21)27(32)30-13-8-24(9-14-30)31-15-7-22-18-25(5-6-26(22)31)33-16-4-12-29-10-2-3-11-29/h5-7,15,17-20,24H,2-4,8-14,16H2,1H3. The second-order valence-corrected chi connectivity index (χ2v) is 9.47. The van der Waals surface area contributed by atoms with Gasteiger partial charge in [0.1, 0.15) is 5.75 Å². The van der Waals surface area contributed by atoms with Gasteiger partial charge in [0, 0.05) is 55.2 Å². The molecule has 2 saturated heterocycles. The number of amides is 1. The molecule has 2 aliphatic rings. The summed E-state index contributed by atoms with van der Waals surface area (Å²) in [5.74, 6) is 1.04. The zero-order chi connectivity index (χ0) is 22.6. The molecule has 0 unspecified atom stereocenters. The van der Waals surface area contributed by atoms with Crippen molar-refractivity contribution in [3.05, 3.63) is 60.0 Å². The van der Waals surface area contributed by atoms with Gasteiger partial charge in [0.15, 0.2) is 0 Å². The average Bonchev–Trinajstić information content (AvgIpc) is 3.51. The average molecular weight is 447 g/mol. The summed E-state index contributed by atoms with van der Waals surface area (Å²) < 4.78 is 8.41. The lowest BCUT2D eigenvalue weighted by Gasteiger charge is -2.33. The molecule has 0 aliphatic carbocycles. The van der Waals surface area contributed by atoms with Crippen molar-refractivity contribution in [1.29, 1.82) is 0 Å². The highest BCUT2D eigenvalue weighted by molar-refractivity contribution is 5.94. The lowest BCUT2D eigenvalue weighted by atomic mass is 10.0. The predicted molar refractivity (Wildman–Crippen MR) is 131 cm³/mol. The van der Waals surface area contributed by atoms with E-state index >= 15 is 0 Å². The lowest BCUT2D eigenvalue weighted by Crippen LogP contribution is -2.39. The Morgan fingerprint density at radius 3 is 2.67 bits per heavy atom. The second-order valence-electron chi connectivity index (χ2n) is 9.47. The van der Waals surface area contributed by atoms with Gasteiger partial charge >= 0.3 is 0 Å². The monoisotopic (exact) mass is 446 g/mol. The van der Waals surface area contributed by atoms with Crippen molar-refractivity contribution in [3.8, 4) is 5.75 Å². The first-order valence-electron chi connectivity index (χ1n) is 12.3. The summed E-state index contributed by atoms with van der Waals surface area (Å²) in [6.45, 7) is 7.92. The molecule has 2 aromatic heterocycles. The summed E-state index contributed by atoms with van der Waals surface area (Å²) in [5, 5.41) is 1.22. The molecule has 174 valence electrons. The quantitative estimate of drug-likeness (QED) is 0.494. The molecular weight excluding hydrogens is 412 g/mol. The van der Waals surface area contributed by atoms with Crippen molar-refractivity contribution in [2.24, 2.45) is 0 Å². The number of nitrogens with zero attached hydrogens (tertiary/aromatic N) is 4. The third-order valence-corrected chi connectivity index (χ3v) is 7.04. The summed E-state index contributed by atoms with van der Waals surface area (Å²) in [5.41, 5.74) is 2.95. The Labute approximate surface area is 196 Å². The van der Waals surface area contributed by atoms with Gasteiger partial charge in [-0.1, -0.05) is 0 Å². The van der Waals surface area contributed by atoms with E-state index in [9.17, 15) is 4.79 Å². The molecule has 5 rings (SSSR count). The van der Waals surface area contributed by atoms with Crippen molar-refractivity contribution < 1.29 is 9.53 Å². The molecule has 1 amide bonds. The second kappa shape index (κ2) is 9.96. The molecule has 33 heavy (non-hydrogen) atoms. The molecule has 0 radical (unpaired) electrons. The highest BCUT2D eigenvalue weighted by Gasteiger charge is 2.25. The van der Waals surface area contributed by atoms with Gasteiger partial charge < -0.3 is 19.1 Å². The van der Waals surface area contributed by atoms with E-state index in [1.807, 2.05) is 17.9 Å². The number of pyridine rings is 1. The fourth-order valence-corrected chi connectivity index (χ4v) is 5.24. The van der Waals surface area contributed by atoms with Crippen molar-refractivity contribution in [1.82, 2.24) is 19.4 Å². The van der Waals surface area contributed by atoms with Crippen molar-refractivity contribution in [2.45, 2.75) is 45.1 Å². The van der Waals surface area contributed by atoms with Gasteiger partial charge in [0.25, 0.3) is 5.91 Å². The maximum Gasteiger partial charge on any atom is 0.255 e. The van der Waals surface area contributed by atoms with Gasteiger partial charge in [-0.05, 0) is 88.0 Å². The number of carbonyl (C=O) groups excluding carboxylic acids is 1. The van der Waals surface area contributed by atoms with Gasteiger partial charge in [-0.2, -0.15) is 0 Å². The van der Waals surface area contributed by atoms with Gasteiger partial charge in [0.2, 0.25) is 0 Å². The first-order chi connectivity index (χ1) is 16.2. The number of rotatable bonds is 7. The topological polar surface area (TPSA) is 50.6 Å². The number of aryl methyl sites for hydroxylation is 1. The number of fused-ring (bicyclic) bond motifs is 1. The van der Waals surface area contributed by atoms with Crippen LogP contribution in [0.5, 0.6) is 5.75 Å². The minimum absolute atomic E-state index is 0.0912. The van der Waals surface area contributed by atoms with Gasteiger partial charge in [0.05, 0.1) is 12.2 Å². The van der Waals surface area contributed by atoms with Crippen LogP contribution in [0.15, 0.2) is 48.9 Å². The normalized spacial score (nSPS) is 17.7. The maximum absolute atomic E-state index is 12.8. The molecule has 4 heterocycles. The number of likely N-dealkylation sites (tertiary alicyclic amines) is 2. The van der Waals surface area contributed by atoms with Crippen LogP contribution in [0.1, 0.15) is 54.1 Å². The molecule has 0 bridgehead atoms. The van der Waals surface area contributed by atoms with E-state index in [0.717, 1.165) is 56.8 Å². The van der Waals surface area contributed by atoms with Crippen LogP contribution in [-0.4, -0.2) is 64.6 Å². The highest BCUT2D eigenvalue weighted by Crippen LogP contribution is 2.30. The summed E-state index contributed by atoms with van der Waals surface area (Å²) in [6.07, 6.45) is 11.3. The van der Waals surface area contributed by atoms with Crippen LogP contribution < -0.4 is 4.74 Å². The van der Waals surface area contributed by atoms with Gasteiger partial charge in [-0.15, -0.1) is 0 Å². The van der Waals surface area contributed by atoms with Crippen molar-refractivity contribution in [2.75, 3.05) is 39.3 Å². The van der Waals surface area contributed by atoms with Crippen LogP contribution in [-0.2, 0) is 0 Å². The molecule has 0 saturated carbocycles. The Bertz CT molecular complexity index is 1090. The Kier molecular flexibility index (Phi) is 6.63. The van der Waals surface area contributed by atoms with Gasteiger partial charge in [-0.3, -0.25) is 9.78 Å². The number of piperidine rings is 1. The van der Waals surface area contributed by atoms with Crippen LogP contribution in [0.3, 0.4) is 0 Å². The summed E-state index contributed by atoms with van der Waals surface area (Å²) in [7, 11) is 0. The number of benzene rings is 1. The zero-order valence-corrected chi connectivity index (χ0v) is 19.6. The number of hydrogen-bond acceptors (Lipinski definition) is 4. The molecule has 6 heteroatoms. The van der Waals surface area contributed by atoms with E-state index in [1.165, 1.54) is 36.8 Å². The van der Waals surface area contributed by atoms with Crippen LogP contribution >= 0.6 is 0 Å². The number of hydrogen-bond donors (Lipinski definition) is 0. The van der Waals surface area contributed by atoms with E-state index in [-0.39, 0.29) is 5.91 Å². The van der Waals surface area contributed by atoms with E-state index in [2.05, 4.69) is 44.9 Å². The van der Waals surface area contributed by atoms with Crippen LogP contribution in [0.2, 0.25) is 0 Å². The first-order valence-corrected chi connectivity index (χ1v) is 12.3. The van der Waals surface area contributed by atoms with Crippen LogP contribution in [0.4, 0.5) is 0 Å². The van der Waals surface area contributed by atoms with E-state index in [4.69, 9.17) is 4.74 Å². The Balaban J connectivity index is 1.16. The smallest absolute Gasteiger partial charge is 0.255 e. The predicted octanol–water partition coefficient (Wildman–Crippen LogP) is 4.69. The lowest BCUT2D eigenvalue weighted by molar-refractivity contribution is 0.0695. The Morgan fingerprint density at radius 2 is 1.88 bits per heavy atom. The minimum Gasteiger partial charge on any atom is -0.494 e. The molecule has 1 aromatic carbocycles. The molecule has 0 N–H and O–H groups in total. The van der Waals surface area contributed by atoms with Crippen molar-refractivity contribution in [3.63, 3.8) is 0 Å². The molecular formula is C27H34N4O2. The minimum atomic E-state index is 0.0912. The highest BCUT2D eigenvalue weighted by atomic mass is 16.5. The van der Waals surface area contributed by atoms with Crippen LogP contribution in [0, 0.1) is 6.92 Å². The summed E-state index contributed by atoms with van der Waals surface area (Å²) in [6, 6.07) is 11.0. The largest absolute Gasteiger partial charge is 0.494 e. The molecule has 3 aromatic rings. The van der Waals surface area contributed by atoms with E-state index in [0.29, 0.717) is 11.6 Å². The molecule has 0 spiro atoms. The number of aromatic nitrogens is 2. The first kappa shape index (κ1) is 22.0.